The topological polar surface area (TPSA) is 64.1 Å². The van der Waals surface area contributed by atoms with Crippen molar-refractivity contribution in [2.75, 3.05) is 34.9 Å². The average molecular weight is 375 g/mol. The Hall–Kier alpha value is -2.96. The zero-order chi connectivity index (χ0) is 19.6. The second-order valence-electron chi connectivity index (χ2n) is 5.73. The molecule has 0 aliphatic rings. The van der Waals surface area contributed by atoms with E-state index in [0.717, 1.165) is 11.1 Å². The summed E-state index contributed by atoms with van der Waals surface area (Å²) in [7, 11) is 6.47. The molecule has 146 valence electrons. The van der Waals surface area contributed by atoms with Crippen molar-refractivity contribution in [2.45, 2.75) is 13.0 Å². The van der Waals surface area contributed by atoms with Crippen molar-refractivity contribution in [3.05, 3.63) is 53.3 Å². The summed E-state index contributed by atoms with van der Waals surface area (Å²) in [5.74, 6) is 2.24. The van der Waals surface area contributed by atoms with Gasteiger partial charge in [-0.15, -0.1) is 0 Å². The van der Waals surface area contributed by atoms with Gasteiger partial charge in [0.1, 0.15) is 5.82 Å². The van der Waals surface area contributed by atoms with Gasteiger partial charge in [-0.2, -0.15) is 0 Å². The number of aliphatic imine (C=N–C) groups is 1. The third-order valence-electron chi connectivity index (χ3n) is 4.05. The fourth-order valence-electron chi connectivity index (χ4n) is 2.73. The number of hydrogen-bond acceptors (Lipinski definition) is 4. The lowest BCUT2D eigenvalue weighted by atomic mass is 10.1. The van der Waals surface area contributed by atoms with Gasteiger partial charge in [-0.1, -0.05) is 18.2 Å². The van der Waals surface area contributed by atoms with Crippen LogP contribution in [0.3, 0.4) is 0 Å². The molecule has 2 rings (SSSR count). The smallest absolute Gasteiger partial charge is 0.203 e. The molecule has 0 saturated heterocycles. The van der Waals surface area contributed by atoms with E-state index in [1.165, 1.54) is 12.1 Å². The van der Waals surface area contributed by atoms with E-state index in [0.29, 0.717) is 42.7 Å². The molecule has 2 aromatic rings. The summed E-state index contributed by atoms with van der Waals surface area (Å²) < 4.78 is 29.4. The standard InChI is InChI=1S/C20H26FN3O3/c1-22-20(24-13-14-6-5-7-16(21)12-14)23-11-10-15-8-9-17(25-2)19(27-4)18(15)26-3/h5-9,12H,10-11,13H2,1-4H3,(H2,22,23,24). The maximum atomic E-state index is 13.2. The van der Waals surface area contributed by atoms with Crippen LogP contribution in [0.15, 0.2) is 41.4 Å². The molecular formula is C20H26FN3O3. The molecule has 2 aromatic carbocycles. The Morgan fingerprint density at radius 1 is 1.00 bits per heavy atom. The highest BCUT2D eigenvalue weighted by molar-refractivity contribution is 5.79. The second-order valence-corrected chi connectivity index (χ2v) is 5.73. The van der Waals surface area contributed by atoms with Gasteiger partial charge < -0.3 is 24.8 Å². The highest BCUT2D eigenvalue weighted by Crippen LogP contribution is 2.39. The minimum absolute atomic E-state index is 0.252. The zero-order valence-corrected chi connectivity index (χ0v) is 16.1. The first-order valence-electron chi connectivity index (χ1n) is 8.59. The van der Waals surface area contributed by atoms with Crippen LogP contribution in [0, 0.1) is 5.82 Å². The van der Waals surface area contributed by atoms with Gasteiger partial charge in [-0.3, -0.25) is 4.99 Å². The number of hydrogen-bond donors (Lipinski definition) is 2. The Bertz CT molecular complexity index is 781. The number of ether oxygens (including phenoxy) is 3. The molecule has 0 aliphatic carbocycles. The van der Waals surface area contributed by atoms with Crippen molar-refractivity contribution >= 4 is 5.96 Å². The third-order valence-corrected chi connectivity index (χ3v) is 4.05. The van der Waals surface area contributed by atoms with E-state index in [1.807, 2.05) is 18.2 Å². The van der Waals surface area contributed by atoms with Gasteiger partial charge in [0.05, 0.1) is 21.3 Å². The maximum absolute atomic E-state index is 13.2. The molecule has 27 heavy (non-hydrogen) atoms. The van der Waals surface area contributed by atoms with Crippen molar-refractivity contribution in [1.29, 1.82) is 0 Å². The van der Waals surface area contributed by atoms with Gasteiger partial charge in [0.25, 0.3) is 0 Å². The fraction of sp³-hybridized carbons (Fsp3) is 0.350. The monoisotopic (exact) mass is 375 g/mol. The van der Waals surface area contributed by atoms with Gasteiger partial charge in [-0.25, -0.2) is 4.39 Å². The van der Waals surface area contributed by atoms with Crippen molar-refractivity contribution in [1.82, 2.24) is 10.6 Å². The summed E-state index contributed by atoms with van der Waals surface area (Å²) in [4.78, 5) is 4.19. The molecule has 0 heterocycles. The number of guanidine groups is 1. The van der Waals surface area contributed by atoms with E-state index in [4.69, 9.17) is 14.2 Å². The molecule has 0 aromatic heterocycles. The first-order chi connectivity index (χ1) is 13.1. The predicted octanol–water partition coefficient (Wildman–Crippen LogP) is 2.76. The van der Waals surface area contributed by atoms with Gasteiger partial charge in [-0.05, 0) is 30.2 Å². The quantitative estimate of drug-likeness (QED) is 0.549. The first kappa shape index (κ1) is 20.4. The summed E-state index contributed by atoms with van der Waals surface area (Å²) in [6.07, 6.45) is 0.699. The van der Waals surface area contributed by atoms with Gasteiger partial charge >= 0.3 is 0 Å². The van der Waals surface area contributed by atoms with Crippen LogP contribution in [-0.2, 0) is 13.0 Å². The van der Waals surface area contributed by atoms with E-state index < -0.39 is 0 Å². The maximum Gasteiger partial charge on any atom is 0.203 e. The molecule has 0 bridgehead atoms. The molecule has 0 amide bonds. The zero-order valence-electron chi connectivity index (χ0n) is 16.1. The van der Waals surface area contributed by atoms with Crippen LogP contribution in [0.4, 0.5) is 4.39 Å². The van der Waals surface area contributed by atoms with Crippen molar-refractivity contribution in [2.24, 2.45) is 4.99 Å². The van der Waals surface area contributed by atoms with Crippen LogP contribution in [0.25, 0.3) is 0 Å². The Kier molecular flexibility index (Phi) is 7.73. The summed E-state index contributed by atoms with van der Waals surface area (Å²) in [5, 5.41) is 6.40. The molecular weight excluding hydrogens is 349 g/mol. The lowest BCUT2D eigenvalue weighted by Crippen LogP contribution is -2.37. The highest BCUT2D eigenvalue weighted by Gasteiger charge is 2.15. The van der Waals surface area contributed by atoms with Gasteiger partial charge in [0, 0.05) is 25.7 Å². The van der Waals surface area contributed by atoms with E-state index in [1.54, 1.807) is 34.4 Å². The summed E-state index contributed by atoms with van der Waals surface area (Å²) in [5.41, 5.74) is 1.84. The van der Waals surface area contributed by atoms with Crippen LogP contribution < -0.4 is 24.8 Å². The molecule has 6 nitrogen and oxygen atoms in total. The number of nitrogens with one attached hydrogen (secondary N) is 2. The number of halogens is 1. The van der Waals surface area contributed by atoms with Crippen molar-refractivity contribution in [3.63, 3.8) is 0 Å². The van der Waals surface area contributed by atoms with Gasteiger partial charge in [0.2, 0.25) is 5.75 Å². The highest BCUT2D eigenvalue weighted by atomic mass is 19.1. The van der Waals surface area contributed by atoms with Crippen molar-refractivity contribution < 1.29 is 18.6 Å². The van der Waals surface area contributed by atoms with Crippen molar-refractivity contribution in [3.8, 4) is 17.2 Å². The van der Waals surface area contributed by atoms with E-state index >= 15 is 0 Å². The minimum Gasteiger partial charge on any atom is -0.493 e. The molecule has 0 aliphatic heterocycles. The second kappa shape index (κ2) is 10.3. The van der Waals surface area contributed by atoms with Crippen LogP contribution >= 0.6 is 0 Å². The number of rotatable bonds is 8. The molecule has 2 N–H and O–H groups in total. The van der Waals surface area contributed by atoms with E-state index in [2.05, 4.69) is 15.6 Å². The van der Waals surface area contributed by atoms with Crippen LogP contribution in [0.5, 0.6) is 17.2 Å². The number of nitrogens with zero attached hydrogens (tertiary/aromatic N) is 1. The summed E-state index contributed by atoms with van der Waals surface area (Å²) in [6, 6.07) is 10.3. The van der Waals surface area contributed by atoms with E-state index in [9.17, 15) is 4.39 Å². The Morgan fingerprint density at radius 3 is 2.41 bits per heavy atom. The van der Waals surface area contributed by atoms with Crippen LogP contribution in [0.1, 0.15) is 11.1 Å². The molecule has 0 radical (unpaired) electrons. The molecule has 0 unspecified atom stereocenters. The Labute approximate surface area is 159 Å². The van der Waals surface area contributed by atoms with Crippen LogP contribution in [-0.4, -0.2) is 40.9 Å². The van der Waals surface area contributed by atoms with Gasteiger partial charge in [0.15, 0.2) is 17.5 Å². The first-order valence-corrected chi connectivity index (χ1v) is 8.59. The summed E-state index contributed by atoms with van der Waals surface area (Å²) >= 11 is 0. The Balaban J connectivity index is 1.94. The predicted molar refractivity (Wildman–Crippen MR) is 104 cm³/mol. The molecule has 0 atom stereocenters. The third kappa shape index (κ3) is 5.51. The SMILES string of the molecule is CN=C(NCCc1ccc(OC)c(OC)c1OC)NCc1cccc(F)c1. The largest absolute Gasteiger partial charge is 0.493 e. The normalized spacial score (nSPS) is 11.1. The lowest BCUT2D eigenvalue weighted by molar-refractivity contribution is 0.322. The minimum atomic E-state index is -0.252. The van der Waals surface area contributed by atoms with E-state index in [-0.39, 0.29) is 5.82 Å². The summed E-state index contributed by atoms with van der Waals surface area (Å²) in [6.45, 7) is 1.12. The van der Waals surface area contributed by atoms with Crippen LogP contribution in [0.2, 0.25) is 0 Å². The fourth-order valence-corrected chi connectivity index (χ4v) is 2.73. The molecule has 7 heteroatoms. The average Bonchev–Trinajstić information content (AvgIpc) is 2.69. The Morgan fingerprint density at radius 2 is 1.78 bits per heavy atom. The molecule has 0 fully saturated rings. The number of benzene rings is 2. The molecule has 0 spiro atoms. The number of methoxy groups -OCH3 is 3. The lowest BCUT2D eigenvalue weighted by Gasteiger charge is -2.16. The molecule has 0 saturated carbocycles.